The summed E-state index contributed by atoms with van der Waals surface area (Å²) in [4.78, 5) is 10.9. The number of benzene rings is 1. The molecule has 1 atom stereocenters. The molecule has 1 aromatic carbocycles. The first-order chi connectivity index (χ1) is 6.65. The number of likely N-dealkylation sites (N-methyl/N-ethyl adjacent to an activating group) is 1. The Kier molecular flexibility index (Phi) is 4.10. The average Bonchev–Trinajstić information content (AvgIpc) is 2.15. The standard InChI is InChI=1S/C10H12BrNO2/c1-12-6-9(10(13)14)7-2-4-8(11)5-3-7/h2-5,9,12H,6H2,1H3,(H,13,14). The minimum absolute atomic E-state index is 0.441. The molecule has 76 valence electrons. The van der Waals surface area contributed by atoms with Crippen LogP contribution in [0.4, 0.5) is 0 Å². The van der Waals surface area contributed by atoms with Crippen molar-refractivity contribution >= 4 is 21.9 Å². The van der Waals surface area contributed by atoms with Gasteiger partial charge in [-0.15, -0.1) is 0 Å². The maximum Gasteiger partial charge on any atom is 0.312 e. The van der Waals surface area contributed by atoms with Crippen molar-refractivity contribution in [2.24, 2.45) is 0 Å². The number of hydrogen-bond donors (Lipinski definition) is 2. The quantitative estimate of drug-likeness (QED) is 0.866. The van der Waals surface area contributed by atoms with Gasteiger partial charge in [0, 0.05) is 11.0 Å². The average molecular weight is 258 g/mol. The highest BCUT2D eigenvalue weighted by molar-refractivity contribution is 9.10. The third-order valence-corrected chi connectivity index (χ3v) is 2.51. The third-order valence-electron chi connectivity index (χ3n) is 1.98. The fourth-order valence-electron chi connectivity index (χ4n) is 1.25. The van der Waals surface area contributed by atoms with Crippen molar-refractivity contribution in [1.82, 2.24) is 5.32 Å². The van der Waals surface area contributed by atoms with Gasteiger partial charge in [-0.05, 0) is 24.7 Å². The summed E-state index contributed by atoms with van der Waals surface area (Å²) in [7, 11) is 1.74. The zero-order valence-electron chi connectivity index (χ0n) is 7.83. The second-order valence-electron chi connectivity index (χ2n) is 3.00. The molecule has 0 fully saturated rings. The molecule has 0 amide bonds. The molecule has 0 aliphatic rings. The SMILES string of the molecule is CNCC(C(=O)O)c1ccc(Br)cc1. The van der Waals surface area contributed by atoms with Crippen LogP contribution in [0.15, 0.2) is 28.7 Å². The number of carboxylic acids is 1. The molecule has 0 bridgehead atoms. The minimum atomic E-state index is -0.804. The second kappa shape index (κ2) is 5.12. The van der Waals surface area contributed by atoms with E-state index in [1.807, 2.05) is 24.3 Å². The van der Waals surface area contributed by atoms with Gasteiger partial charge in [0.1, 0.15) is 0 Å². The summed E-state index contributed by atoms with van der Waals surface area (Å²) in [5, 5.41) is 11.8. The maximum atomic E-state index is 10.9. The molecule has 0 aromatic heterocycles. The van der Waals surface area contributed by atoms with Crippen LogP contribution in [0.1, 0.15) is 11.5 Å². The first kappa shape index (κ1) is 11.2. The van der Waals surface area contributed by atoms with Crippen LogP contribution in [0.3, 0.4) is 0 Å². The monoisotopic (exact) mass is 257 g/mol. The van der Waals surface area contributed by atoms with Crippen molar-refractivity contribution in [2.75, 3.05) is 13.6 Å². The van der Waals surface area contributed by atoms with Gasteiger partial charge in [-0.2, -0.15) is 0 Å². The number of rotatable bonds is 4. The maximum absolute atomic E-state index is 10.9. The Balaban J connectivity index is 2.87. The lowest BCUT2D eigenvalue weighted by Crippen LogP contribution is -2.23. The summed E-state index contributed by atoms with van der Waals surface area (Å²) in [6.45, 7) is 0.441. The van der Waals surface area contributed by atoms with E-state index in [0.717, 1.165) is 10.0 Å². The number of nitrogens with one attached hydrogen (secondary N) is 1. The van der Waals surface area contributed by atoms with Crippen molar-refractivity contribution in [3.05, 3.63) is 34.3 Å². The second-order valence-corrected chi connectivity index (χ2v) is 3.92. The molecule has 0 aliphatic heterocycles. The zero-order chi connectivity index (χ0) is 10.6. The Hall–Kier alpha value is -0.870. The zero-order valence-corrected chi connectivity index (χ0v) is 9.41. The minimum Gasteiger partial charge on any atom is -0.481 e. The molecule has 0 aliphatic carbocycles. The van der Waals surface area contributed by atoms with E-state index in [4.69, 9.17) is 5.11 Å². The Morgan fingerprint density at radius 2 is 2.07 bits per heavy atom. The van der Waals surface area contributed by atoms with Crippen molar-refractivity contribution in [2.45, 2.75) is 5.92 Å². The fraction of sp³-hybridized carbons (Fsp3) is 0.300. The van der Waals surface area contributed by atoms with Gasteiger partial charge >= 0.3 is 5.97 Å². The van der Waals surface area contributed by atoms with E-state index >= 15 is 0 Å². The lowest BCUT2D eigenvalue weighted by Gasteiger charge is -2.11. The van der Waals surface area contributed by atoms with Gasteiger partial charge in [0.2, 0.25) is 0 Å². The van der Waals surface area contributed by atoms with Crippen LogP contribution < -0.4 is 5.32 Å². The summed E-state index contributed by atoms with van der Waals surface area (Å²) < 4.78 is 0.954. The third kappa shape index (κ3) is 2.82. The predicted molar refractivity (Wildman–Crippen MR) is 58.4 cm³/mol. The highest BCUT2D eigenvalue weighted by Crippen LogP contribution is 2.18. The van der Waals surface area contributed by atoms with Gasteiger partial charge in [-0.1, -0.05) is 28.1 Å². The van der Waals surface area contributed by atoms with Crippen molar-refractivity contribution in [1.29, 1.82) is 0 Å². The molecule has 1 unspecified atom stereocenters. The molecule has 0 spiro atoms. The molecule has 2 N–H and O–H groups in total. The van der Waals surface area contributed by atoms with Gasteiger partial charge in [0.15, 0.2) is 0 Å². The summed E-state index contributed by atoms with van der Waals surface area (Å²) >= 11 is 3.31. The Morgan fingerprint density at radius 1 is 1.50 bits per heavy atom. The van der Waals surface area contributed by atoms with E-state index in [2.05, 4.69) is 21.2 Å². The molecule has 0 saturated carbocycles. The molecule has 14 heavy (non-hydrogen) atoms. The number of aliphatic carboxylic acids is 1. The van der Waals surface area contributed by atoms with Crippen molar-refractivity contribution in [3.63, 3.8) is 0 Å². The molecule has 0 radical (unpaired) electrons. The van der Waals surface area contributed by atoms with Crippen LogP contribution in [-0.4, -0.2) is 24.7 Å². The number of halogens is 1. The molecule has 4 heteroatoms. The lowest BCUT2D eigenvalue weighted by atomic mass is 9.99. The van der Waals surface area contributed by atoms with Gasteiger partial charge < -0.3 is 10.4 Å². The van der Waals surface area contributed by atoms with Crippen LogP contribution in [0.2, 0.25) is 0 Å². The first-order valence-electron chi connectivity index (χ1n) is 4.28. The van der Waals surface area contributed by atoms with Gasteiger partial charge in [-0.3, -0.25) is 4.79 Å². The van der Waals surface area contributed by atoms with E-state index in [1.165, 1.54) is 0 Å². The molecule has 1 aromatic rings. The normalized spacial score (nSPS) is 12.4. The molecular weight excluding hydrogens is 246 g/mol. The van der Waals surface area contributed by atoms with E-state index in [1.54, 1.807) is 7.05 Å². The van der Waals surface area contributed by atoms with Crippen LogP contribution in [-0.2, 0) is 4.79 Å². The predicted octanol–water partition coefficient (Wildman–Crippen LogP) is 1.84. The highest BCUT2D eigenvalue weighted by atomic mass is 79.9. The molecule has 1 rings (SSSR count). The molecule has 0 heterocycles. The Bertz CT molecular complexity index is 310. The summed E-state index contributed by atoms with van der Waals surface area (Å²) in [6, 6.07) is 7.34. The molecular formula is C10H12BrNO2. The van der Waals surface area contributed by atoms with Crippen molar-refractivity contribution < 1.29 is 9.90 Å². The topological polar surface area (TPSA) is 49.3 Å². The molecule has 0 saturated heterocycles. The van der Waals surface area contributed by atoms with Crippen LogP contribution >= 0.6 is 15.9 Å². The Labute approximate surface area is 91.3 Å². The van der Waals surface area contributed by atoms with E-state index in [-0.39, 0.29) is 0 Å². The number of carbonyl (C=O) groups is 1. The fourth-order valence-corrected chi connectivity index (χ4v) is 1.51. The molecule has 3 nitrogen and oxygen atoms in total. The largest absolute Gasteiger partial charge is 0.481 e. The van der Waals surface area contributed by atoms with Crippen molar-refractivity contribution in [3.8, 4) is 0 Å². The lowest BCUT2D eigenvalue weighted by molar-refractivity contribution is -0.138. The van der Waals surface area contributed by atoms with Gasteiger partial charge in [-0.25, -0.2) is 0 Å². The van der Waals surface area contributed by atoms with Gasteiger partial charge in [0.25, 0.3) is 0 Å². The van der Waals surface area contributed by atoms with Crippen LogP contribution in [0.5, 0.6) is 0 Å². The summed E-state index contributed by atoms with van der Waals surface area (Å²) in [6.07, 6.45) is 0. The Morgan fingerprint density at radius 3 is 2.50 bits per heavy atom. The number of carboxylic acid groups (broad SMARTS) is 1. The smallest absolute Gasteiger partial charge is 0.312 e. The summed E-state index contributed by atoms with van der Waals surface area (Å²) in [5.41, 5.74) is 0.815. The van der Waals surface area contributed by atoms with E-state index in [9.17, 15) is 4.79 Å². The van der Waals surface area contributed by atoms with E-state index < -0.39 is 11.9 Å². The number of hydrogen-bond acceptors (Lipinski definition) is 2. The highest BCUT2D eigenvalue weighted by Gasteiger charge is 2.18. The van der Waals surface area contributed by atoms with Crippen LogP contribution in [0.25, 0.3) is 0 Å². The first-order valence-corrected chi connectivity index (χ1v) is 5.07. The van der Waals surface area contributed by atoms with E-state index in [0.29, 0.717) is 6.54 Å². The van der Waals surface area contributed by atoms with Crippen LogP contribution in [0, 0.1) is 0 Å². The summed E-state index contributed by atoms with van der Waals surface area (Å²) in [5.74, 6) is -1.28. The van der Waals surface area contributed by atoms with Gasteiger partial charge in [0.05, 0.1) is 5.92 Å².